The monoisotopic (exact) mass is 389 g/mol. The maximum atomic E-state index is 12.1. The van der Waals surface area contributed by atoms with Crippen molar-refractivity contribution in [1.82, 2.24) is 5.32 Å². The number of benzene rings is 3. The van der Waals surface area contributed by atoms with Crippen molar-refractivity contribution in [2.45, 2.75) is 12.3 Å². The summed E-state index contributed by atoms with van der Waals surface area (Å²) in [6, 6.07) is 19.7. The van der Waals surface area contributed by atoms with Gasteiger partial charge in [-0.1, -0.05) is 71.7 Å². The summed E-state index contributed by atoms with van der Waals surface area (Å²) >= 11 is 13.6. The van der Waals surface area contributed by atoms with Crippen molar-refractivity contribution in [3.8, 4) is 0 Å². The minimum atomic E-state index is 0.0167. The van der Waals surface area contributed by atoms with Gasteiger partial charge in [-0.3, -0.25) is 4.79 Å². The standard InChI is InChI=1S/C20H17Cl2NOS/c21-17-9-8-16(19(22)10-17)12-25-13-20(24)23-11-15-6-3-5-14-4-1-2-7-18(14)15/h1-10H,11-13H2,(H,23,24). The zero-order valence-corrected chi connectivity index (χ0v) is 15.8. The highest BCUT2D eigenvalue weighted by Crippen LogP contribution is 2.24. The Morgan fingerprint density at radius 3 is 2.60 bits per heavy atom. The van der Waals surface area contributed by atoms with Gasteiger partial charge < -0.3 is 5.32 Å². The van der Waals surface area contributed by atoms with Crippen LogP contribution in [0.2, 0.25) is 10.0 Å². The highest BCUT2D eigenvalue weighted by Gasteiger charge is 2.06. The van der Waals surface area contributed by atoms with Crippen LogP contribution in [0, 0.1) is 0 Å². The third-order valence-corrected chi connectivity index (χ3v) is 5.43. The number of halogens is 2. The molecule has 0 aliphatic heterocycles. The number of hydrogen-bond acceptors (Lipinski definition) is 2. The van der Waals surface area contributed by atoms with E-state index in [1.807, 2.05) is 36.4 Å². The number of nitrogens with one attached hydrogen (secondary N) is 1. The van der Waals surface area contributed by atoms with Gasteiger partial charge in [-0.2, -0.15) is 0 Å². The molecule has 0 atom stereocenters. The normalized spacial score (nSPS) is 10.8. The van der Waals surface area contributed by atoms with Crippen molar-refractivity contribution in [3.63, 3.8) is 0 Å². The second kappa shape index (κ2) is 8.61. The Kier molecular flexibility index (Phi) is 6.24. The van der Waals surface area contributed by atoms with Gasteiger partial charge in [0.15, 0.2) is 0 Å². The molecule has 0 spiro atoms. The smallest absolute Gasteiger partial charge is 0.230 e. The number of amides is 1. The van der Waals surface area contributed by atoms with Crippen LogP contribution in [0.1, 0.15) is 11.1 Å². The molecule has 0 heterocycles. The van der Waals surface area contributed by atoms with Crippen molar-refractivity contribution in [1.29, 1.82) is 0 Å². The average molecular weight is 390 g/mol. The number of carbonyl (C=O) groups excluding carboxylic acids is 1. The first kappa shape index (κ1) is 18.1. The van der Waals surface area contributed by atoms with Gasteiger partial charge in [0.2, 0.25) is 5.91 Å². The fourth-order valence-corrected chi connectivity index (χ4v) is 4.00. The molecule has 128 valence electrons. The molecule has 0 aromatic heterocycles. The Balaban J connectivity index is 1.51. The quantitative estimate of drug-likeness (QED) is 0.585. The number of carbonyl (C=O) groups is 1. The van der Waals surface area contributed by atoms with Crippen LogP contribution in [0.25, 0.3) is 10.8 Å². The summed E-state index contributed by atoms with van der Waals surface area (Å²) in [6.45, 7) is 0.530. The minimum absolute atomic E-state index is 0.0167. The molecule has 5 heteroatoms. The molecule has 3 aromatic carbocycles. The van der Waals surface area contributed by atoms with Crippen LogP contribution < -0.4 is 5.32 Å². The van der Waals surface area contributed by atoms with E-state index in [9.17, 15) is 4.79 Å². The van der Waals surface area contributed by atoms with Gasteiger partial charge >= 0.3 is 0 Å². The lowest BCUT2D eigenvalue weighted by Gasteiger charge is -2.09. The van der Waals surface area contributed by atoms with Crippen LogP contribution in [0.5, 0.6) is 0 Å². The number of hydrogen-bond donors (Lipinski definition) is 1. The maximum absolute atomic E-state index is 12.1. The third kappa shape index (κ3) is 4.91. The van der Waals surface area contributed by atoms with E-state index in [1.54, 1.807) is 6.07 Å². The molecule has 0 radical (unpaired) electrons. The molecule has 0 aliphatic rings. The van der Waals surface area contributed by atoms with Crippen molar-refractivity contribution in [2.24, 2.45) is 0 Å². The molecule has 25 heavy (non-hydrogen) atoms. The summed E-state index contributed by atoms with van der Waals surface area (Å²) < 4.78 is 0. The van der Waals surface area contributed by atoms with Crippen molar-refractivity contribution in [3.05, 3.63) is 81.8 Å². The lowest BCUT2D eigenvalue weighted by Crippen LogP contribution is -2.24. The molecular formula is C20H17Cl2NOS. The van der Waals surface area contributed by atoms with E-state index in [4.69, 9.17) is 23.2 Å². The molecule has 0 saturated carbocycles. The molecule has 3 aromatic rings. The molecule has 3 rings (SSSR count). The van der Waals surface area contributed by atoms with E-state index in [2.05, 4.69) is 23.5 Å². The molecule has 0 bridgehead atoms. The molecule has 1 amide bonds. The number of fused-ring (bicyclic) bond motifs is 1. The Morgan fingerprint density at radius 1 is 0.960 bits per heavy atom. The Labute approximate surface area is 161 Å². The fourth-order valence-electron chi connectivity index (χ4n) is 2.58. The topological polar surface area (TPSA) is 29.1 Å². The summed E-state index contributed by atoms with van der Waals surface area (Å²) in [7, 11) is 0. The molecule has 2 nitrogen and oxygen atoms in total. The van der Waals surface area contributed by atoms with E-state index in [1.165, 1.54) is 22.5 Å². The van der Waals surface area contributed by atoms with Crippen LogP contribution >= 0.6 is 35.0 Å². The van der Waals surface area contributed by atoms with E-state index >= 15 is 0 Å². The molecule has 0 saturated heterocycles. The molecule has 0 unspecified atom stereocenters. The minimum Gasteiger partial charge on any atom is -0.351 e. The van der Waals surface area contributed by atoms with Gasteiger partial charge in [0, 0.05) is 22.3 Å². The Bertz CT molecular complexity index is 893. The summed E-state index contributed by atoms with van der Waals surface area (Å²) in [6.07, 6.45) is 0. The predicted molar refractivity (Wildman–Crippen MR) is 108 cm³/mol. The van der Waals surface area contributed by atoms with Gasteiger partial charge in [-0.25, -0.2) is 0 Å². The van der Waals surface area contributed by atoms with Gasteiger partial charge in [-0.15, -0.1) is 11.8 Å². The largest absolute Gasteiger partial charge is 0.351 e. The van der Waals surface area contributed by atoms with Crippen molar-refractivity contribution in [2.75, 3.05) is 5.75 Å². The van der Waals surface area contributed by atoms with Crippen molar-refractivity contribution < 1.29 is 4.79 Å². The lowest BCUT2D eigenvalue weighted by atomic mass is 10.0. The summed E-state index contributed by atoms with van der Waals surface area (Å²) in [5.74, 6) is 1.09. The maximum Gasteiger partial charge on any atom is 0.230 e. The van der Waals surface area contributed by atoms with Crippen molar-refractivity contribution >= 4 is 51.6 Å². The summed E-state index contributed by atoms with van der Waals surface area (Å²) in [4.78, 5) is 12.1. The Morgan fingerprint density at radius 2 is 1.76 bits per heavy atom. The highest BCUT2D eigenvalue weighted by molar-refractivity contribution is 7.99. The number of thioether (sulfide) groups is 1. The Hall–Kier alpha value is -1.68. The predicted octanol–water partition coefficient (Wildman–Crippen LogP) is 5.70. The van der Waals surface area contributed by atoms with E-state index in [0.717, 1.165) is 11.1 Å². The van der Waals surface area contributed by atoms with Crippen LogP contribution in [0.15, 0.2) is 60.7 Å². The van der Waals surface area contributed by atoms with Crippen LogP contribution in [0.4, 0.5) is 0 Å². The number of rotatable bonds is 6. The summed E-state index contributed by atoms with van der Waals surface area (Å²) in [5.41, 5.74) is 2.11. The first-order valence-corrected chi connectivity index (χ1v) is 9.79. The van der Waals surface area contributed by atoms with Gasteiger partial charge in [0.25, 0.3) is 0 Å². The van der Waals surface area contributed by atoms with Crippen LogP contribution in [-0.4, -0.2) is 11.7 Å². The average Bonchev–Trinajstić information content (AvgIpc) is 2.62. The van der Waals surface area contributed by atoms with Crippen LogP contribution in [-0.2, 0) is 17.1 Å². The first-order valence-electron chi connectivity index (χ1n) is 7.88. The lowest BCUT2D eigenvalue weighted by molar-refractivity contribution is -0.118. The van der Waals surface area contributed by atoms with E-state index in [0.29, 0.717) is 28.1 Å². The first-order chi connectivity index (χ1) is 12.1. The van der Waals surface area contributed by atoms with E-state index < -0.39 is 0 Å². The van der Waals surface area contributed by atoms with Gasteiger partial charge in [0.05, 0.1) is 5.75 Å². The SMILES string of the molecule is O=C(CSCc1ccc(Cl)cc1Cl)NCc1cccc2ccccc12. The highest BCUT2D eigenvalue weighted by atomic mass is 35.5. The van der Waals surface area contributed by atoms with Gasteiger partial charge in [0.1, 0.15) is 0 Å². The second-order valence-corrected chi connectivity index (χ2v) is 7.47. The molecule has 0 aliphatic carbocycles. The molecular weight excluding hydrogens is 373 g/mol. The van der Waals surface area contributed by atoms with Gasteiger partial charge in [-0.05, 0) is 34.0 Å². The molecule has 1 N–H and O–H groups in total. The molecule has 0 fully saturated rings. The summed E-state index contributed by atoms with van der Waals surface area (Å²) in [5, 5.41) is 6.59. The fraction of sp³-hybridized carbons (Fsp3) is 0.150. The van der Waals surface area contributed by atoms with E-state index in [-0.39, 0.29) is 5.91 Å². The second-order valence-electron chi connectivity index (χ2n) is 5.64. The zero-order valence-electron chi connectivity index (χ0n) is 13.5. The zero-order chi connectivity index (χ0) is 17.6. The third-order valence-electron chi connectivity index (χ3n) is 3.86. The van der Waals surface area contributed by atoms with Crippen LogP contribution in [0.3, 0.4) is 0 Å².